The van der Waals surface area contributed by atoms with Crippen LogP contribution in [-0.2, 0) is 11.3 Å². The maximum atomic E-state index is 12.2. The summed E-state index contributed by atoms with van der Waals surface area (Å²) in [5.41, 5.74) is 5.49. The molecule has 2 aromatic carbocycles. The molecule has 3 N–H and O–H groups in total. The molecule has 1 aliphatic rings. The van der Waals surface area contributed by atoms with E-state index in [1.54, 1.807) is 31.2 Å². The Morgan fingerprint density at radius 3 is 2.45 bits per heavy atom. The lowest BCUT2D eigenvalue weighted by molar-refractivity contribution is -0.128. The molecule has 0 aliphatic carbocycles. The van der Waals surface area contributed by atoms with Crippen molar-refractivity contribution in [3.8, 4) is 23.0 Å². The summed E-state index contributed by atoms with van der Waals surface area (Å²) in [4.78, 5) is 24.2. The number of ether oxygens (including phenoxy) is 4. The van der Waals surface area contributed by atoms with Crippen molar-refractivity contribution in [3.63, 3.8) is 0 Å². The molecule has 31 heavy (non-hydrogen) atoms. The van der Waals surface area contributed by atoms with Gasteiger partial charge in [0.25, 0.3) is 5.91 Å². The van der Waals surface area contributed by atoms with Crippen LogP contribution in [0.5, 0.6) is 23.0 Å². The predicted octanol–water partition coefficient (Wildman–Crippen LogP) is 2.54. The van der Waals surface area contributed by atoms with Crippen LogP contribution in [0.4, 0.5) is 4.79 Å². The number of hydrogen-bond acceptors (Lipinski definition) is 6. The van der Waals surface area contributed by atoms with Crippen molar-refractivity contribution in [3.05, 3.63) is 48.0 Å². The molecule has 3 rings (SSSR count). The van der Waals surface area contributed by atoms with E-state index in [0.717, 1.165) is 17.7 Å². The lowest BCUT2D eigenvalue weighted by atomic mass is 10.2. The molecule has 0 spiro atoms. The minimum absolute atomic E-state index is 0.260. The Kier molecular flexibility index (Phi) is 7.80. The van der Waals surface area contributed by atoms with Crippen molar-refractivity contribution < 1.29 is 28.5 Å². The molecule has 0 saturated carbocycles. The number of hydrogen-bond donors (Lipinski definition) is 3. The number of rotatable bonds is 7. The van der Waals surface area contributed by atoms with E-state index >= 15 is 0 Å². The molecule has 166 valence electrons. The second-order valence-corrected chi connectivity index (χ2v) is 6.79. The highest BCUT2D eigenvalue weighted by molar-refractivity contribution is 5.84. The summed E-state index contributed by atoms with van der Waals surface area (Å²) < 4.78 is 22.2. The smallest absolute Gasteiger partial charge is 0.333 e. The lowest BCUT2D eigenvalue weighted by Crippen LogP contribution is -2.50. The minimum atomic E-state index is -0.806. The van der Waals surface area contributed by atoms with Gasteiger partial charge in [-0.2, -0.15) is 0 Å². The van der Waals surface area contributed by atoms with Crippen LogP contribution < -0.4 is 35.1 Å². The minimum Gasteiger partial charge on any atom is -0.494 e. The van der Waals surface area contributed by atoms with E-state index in [0.29, 0.717) is 37.1 Å². The Labute approximate surface area is 181 Å². The Morgan fingerprint density at radius 1 is 1.00 bits per heavy atom. The summed E-state index contributed by atoms with van der Waals surface area (Å²) in [5, 5.41) is 2.67. The number of amides is 3. The second-order valence-electron chi connectivity index (χ2n) is 6.79. The van der Waals surface area contributed by atoms with Crippen LogP contribution >= 0.6 is 0 Å². The topological polar surface area (TPSA) is 107 Å². The number of urea groups is 1. The standard InChI is InChI=1S/C22H27N3O6/c1-3-28-17-6-8-18(9-7-17)31-15(2)21(26)24-25-22(27)23-14-16-5-10-19-20(13-16)30-12-4-11-29-19/h5-10,13,15H,3-4,11-12,14H2,1-2H3,(H,24,26)(H2,23,25,27). The largest absolute Gasteiger partial charge is 0.494 e. The summed E-state index contributed by atoms with van der Waals surface area (Å²) in [7, 11) is 0. The van der Waals surface area contributed by atoms with Gasteiger partial charge in [-0.1, -0.05) is 6.07 Å². The van der Waals surface area contributed by atoms with Gasteiger partial charge in [-0.05, 0) is 55.8 Å². The second kappa shape index (κ2) is 11.0. The maximum absolute atomic E-state index is 12.2. The quantitative estimate of drug-likeness (QED) is 0.584. The zero-order valence-corrected chi connectivity index (χ0v) is 17.6. The Morgan fingerprint density at radius 2 is 1.71 bits per heavy atom. The van der Waals surface area contributed by atoms with Gasteiger partial charge in [-0.3, -0.25) is 10.2 Å². The van der Waals surface area contributed by atoms with Gasteiger partial charge in [0.2, 0.25) is 0 Å². The molecule has 1 aliphatic heterocycles. The average molecular weight is 429 g/mol. The van der Waals surface area contributed by atoms with Crippen molar-refractivity contribution in [1.82, 2.24) is 16.2 Å². The Balaban J connectivity index is 1.40. The van der Waals surface area contributed by atoms with E-state index in [4.69, 9.17) is 18.9 Å². The summed E-state index contributed by atoms with van der Waals surface area (Å²) >= 11 is 0. The summed E-state index contributed by atoms with van der Waals surface area (Å²) in [6.45, 7) is 5.53. The molecule has 9 heteroatoms. The molecule has 1 heterocycles. The van der Waals surface area contributed by atoms with Crippen LogP contribution in [0, 0.1) is 0 Å². The molecule has 1 unspecified atom stereocenters. The number of benzene rings is 2. The van der Waals surface area contributed by atoms with Crippen LogP contribution in [-0.4, -0.2) is 37.9 Å². The monoisotopic (exact) mass is 429 g/mol. The third-order valence-electron chi connectivity index (χ3n) is 4.38. The molecule has 0 saturated heterocycles. The van der Waals surface area contributed by atoms with E-state index in [-0.39, 0.29) is 6.54 Å². The fourth-order valence-electron chi connectivity index (χ4n) is 2.80. The van der Waals surface area contributed by atoms with Gasteiger partial charge < -0.3 is 24.3 Å². The summed E-state index contributed by atoms with van der Waals surface area (Å²) in [6, 6.07) is 11.9. The van der Waals surface area contributed by atoms with E-state index in [1.807, 2.05) is 25.1 Å². The first-order chi connectivity index (χ1) is 15.0. The van der Waals surface area contributed by atoms with E-state index in [9.17, 15) is 9.59 Å². The first-order valence-electron chi connectivity index (χ1n) is 10.2. The average Bonchev–Trinajstić information content (AvgIpc) is 3.02. The van der Waals surface area contributed by atoms with Gasteiger partial charge in [0.05, 0.1) is 19.8 Å². The molecular weight excluding hydrogens is 402 g/mol. The highest BCUT2D eigenvalue weighted by Gasteiger charge is 2.16. The van der Waals surface area contributed by atoms with Crippen LogP contribution in [0.25, 0.3) is 0 Å². The zero-order chi connectivity index (χ0) is 22.1. The highest BCUT2D eigenvalue weighted by Crippen LogP contribution is 2.30. The Hall–Kier alpha value is -3.62. The fourth-order valence-corrected chi connectivity index (χ4v) is 2.80. The normalized spacial score (nSPS) is 13.4. The van der Waals surface area contributed by atoms with E-state index < -0.39 is 18.0 Å². The zero-order valence-electron chi connectivity index (χ0n) is 17.6. The van der Waals surface area contributed by atoms with Crippen molar-refractivity contribution in [1.29, 1.82) is 0 Å². The maximum Gasteiger partial charge on any atom is 0.333 e. The molecule has 0 fully saturated rings. The molecule has 2 aromatic rings. The fraction of sp³-hybridized carbons (Fsp3) is 0.364. The van der Waals surface area contributed by atoms with Crippen molar-refractivity contribution in [2.24, 2.45) is 0 Å². The lowest BCUT2D eigenvalue weighted by Gasteiger charge is -2.16. The third-order valence-corrected chi connectivity index (χ3v) is 4.38. The van der Waals surface area contributed by atoms with Crippen molar-refractivity contribution in [2.45, 2.75) is 32.9 Å². The van der Waals surface area contributed by atoms with E-state index in [1.165, 1.54) is 0 Å². The van der Waals surface area contributed by atoms with Crippen LogP contribution in [0.1, 0.15) is 25.8 Å². The molecule has 0 bridgehead atoms. The van der Waals surface area contributed by atoms with Crippen molar-refractivity contribution >= 4 is 11.9 Å². The molecule has 1 atom stereocenters. The van der Waals surface area contributed by atoms with Gasteiger partial charge in [0, 0.05) is 13.0 Å². The third kappa shape index (κ3) is 6.70. The van der Waals surface area contributed by atoms with E-state index in [2.05, 4.69) is 16.2 Å². The van der Waals surface area contributed by atoms with Gasteiger partial charge in [-0.15, -0.1) is 0 Å². The molecule has 0 aromatic heterocycles. The first kappa shape index (κ1) is 22.1. The molecule has 9 nitrogen and oxygen atoms in total. The number of carbonyl (C=O) groups excluding carboxylic acids is 2. The number of hydrazine groups is 1. The van der Waals surface area contributed by atoms with Crippen LogP contribution in [0.3, 0.4) is 0 Å². The van der Waals surface area contributed by atoms with Gasteiger partial charge in [-0.25, -0.2) is 10.2 Å². The molecule has 3 amide bonds. The predicted molar refractivity (Wildman–Crippen MR) is 113 cm³/mol. The number of nitrogens with one attached hydrogen (secondary N) is 3. The highest BCUT2D eigenvalue weighted by atomic mass is 16.5. The SMILES string of the molecule is CCOc1ccc(OC(C)C(=O)NNC(=O)NCc2ccc3c(c2)OCCCO3)cc1. The molecule has 0 radical (unpaired) electrons. The van der Waals surface area contributed by atoms with Crippen molar-refractivity contribution in [2.75, 3.05) is 19.8 Å². The summed E-state index contributed by atoms with van der Waals surface area (Å²) in [5.74, 6) is 2.11. The Bertz CT molecular complexity index is 887. The number of fused-ring (bicyclic) bond motifs is 1. The molecular formula is C22H27N3O6. The van der Waals surface area contributed by atoms with Gasteiger partial charge in [0.1, 0.15) is 11.5 Å². The first-order valence-corrected chi connectivity index (χ1v) is 10.2. The van der Waals surface area contributed by atoms with Gasteiger partial charge in [0.15, 0.2) is 17.6 Å². The van der Waals surface area contributed by atoms with Crippen LogP contribution in [0.2, 0.25) is 0 Å². The number of carbonyl (C=O) groups is 2. The van der Waals surface area contributed by atoms with Gasteiger partial charge >= 0.3 is 6.03 Å². The van der Waals surface area contributed by atoms with Crippen LogP contribution in [0.15, 0.2) is 42.5 Å². The summed E-state index contributed by atoms with van der Waals surface area (Å²) in [6.07, 6.45) is 0.0189.